The Morgan fingerprint density at radius 2 is 2.12 bits per heavy atom. The Balaban J connectivity index is 1.61. The molecule has 4 rings (SSSR count). The van der Waals surface area contributed by atoms with Gasteiger partial charge < -0.3 is 20.1 Å². The molecule has 0 radical (unpaired) electrons. The standard InChI is InChI=1S/C18H28FN5O/c19-7-8-20-18-21-10-15-12-24(25,11-14-4-1-2-5-14)13-16-6-3-9-23(16)17(15)22-18/h10,14,16H,1-9,11-13H2,(H,20,21,22). The number of rotatable bonds is 5. The van der Waals surface area contributed by atoms with Gasteiger partial charge in [-0.25, -0.2) is 9.37 Å². The number of hydrogen-bond acceptors (Lipinski definition) is 5. The number of halogens is 1. The van der Waals surface area contributed by atoms with Crippen molar-refractivity contribution in [2.45, 2.75) is 51.1 Å². The smallest absolute Gasteiger partial charge is 0.224 e. The van der Waals surface area contributed by atoms with Crippen molar-refractivity contribution in [3.8, 4) is 0 Å². The van der Waals surface area contributed by atoms with E-state index in [0.29, 0.717) is 25.0 Å². The van der Waals surface area contributed by atoms with E-state index >= 15 is 0 Å². The molecule has 1 saturated heterocycles. The van der Waals surface area contributed by atoms with Gasteiger partial charge in [0.15, 0.2) is 0 Å². The van der Waals surface area contributed by atoms with Crippen LogP contribution in [0.5, 0.6) is 0 Å². The Morgan fingerprint density at radius 3 is 2.92 bits per heavy atom. The predicted octanol–water partition coefficient (Wildman–Crippen LogP) is 2.85. The molecule has 1 aliphatic carbocycles. The second-order valence-electron chi connectivity index (χ2n) is 7.88. The highest BCUT2D eigenvalue weighted by molar-refractivity contribution is 5.51. The summed E-state index contributed by atoms with van der Waals surface area (Å²) >= 11 is 0. The zero-order chi connectivity index (χ0) is 17.3. The third-order valence-electron chi connectivity index (χ3n) is 5.94. The predicted molar refractivity (Wildman–Crippen MR) is 95.9 cm³/mol. The molecule has 2 unspecified atom stereocenters. The first kappa shape index (κ1) is 17.0. The lowest BCUT2D eigenvalue weighted by atomic mass is 10.1. The molecule has 0 amide bonds. The van der Waals surface area contributed by atoms with E-state index in [1.807, 2.05) is 0 Å². The summed E-state index contributed by atoms with van der Waals surface area (Å²) in [5.74, 6) is 1.92. The largest absolute Gasteiger partial charge is 0.632 e. The summed E-state index contributed by atoms with van der Waals surface area (Å²) < 4.78 is 12.3. The SMILES string of the molecule is [O-][N+]1(CC2CCCC2)Cc2cnc(NCCF)nc2N2CCCC2C1. The fourth-order valence-electron chi connectivity index (χ4n) is 4.87. The average Bonchev–Trinajstić information content (AvgIpc) is 3.23. The molecule has 25 heavy (non-hydrogen) atoms. The summed E-state index contributed by atoms with van der Waals surface area (Å²) in [5.41, 5.74) is 0.947. The second kappa shape index (κ2) is 7.03. The maximum Gasteiger partial charge on any atom is 0.224 e. The third kappa shape index (κ3) is 3.58. The molecule has 0 spiro atoms. The van der Waals surface area contributed by atoms with Crippen molar-refractivity contribution in [2.24, 2.45) is 5.92 Å². The molecule has 1 N–H and O–H groups in total. The lowest BCUT2D eigenvalue weighted by Gasteiger charge is -2.45. The van der Waals surface area contributed by atoms with Crippen molar-refractivity contribution in [1.29, 1.82) is 0 Å². The fourth-order valence-corrected chi connectivity index (χ4v) is 4.87. The van der Waals surface area contributed by atoms with E-state index in [2.05, 4.69) is 20.2 Å². The van der Waals surface area contributed by atoms with Crippen LogP contribution >= 0.6 is 0 Å². The fraction of sp³-hybridized carbons (Fsp3) is 0.778. The number of hydrogen-bond donors (Lipinski definition) is 1. The maximum absolute atomic E-state index is 13.7. The molecule has 1 aromatic rings. The van der Waals surface area contributed by atoms with Crippen LogP contribution in [-0.4, -0.2) is 53.5 Å². The quantitative estimate of drug-likeness (QED) is 0.654. The van der Waals surface area contributed by atoms with Crippen molar-refractivity contribution >= 4 is 11.8 Å². The molecule has 2 fully saturated rings. The first-order valence-electron chi connectivity index (χ1n) is 9.66. The molecule has 138 valence electrons. The zero-order valence-corrected chi connectivity index (χ0v) is 14.8. The normalized spacial score (nSPS) is 29.4. The van der Waals surface area contributed by atoms with Crippen molar-refractivity contribution in [3.63, 3.8) is 0 Å². The van der Waals surface area contributed by atoms with Gasteiger partial charge in [0.2, 0.25) is 5.95 Å². The van der Waals surface area contributed by atoms with Crippen molar-refractivity contribution in [2.75, 3.05) is 43.1 Å². The van der Waals surface area contributed by atoms with Crippen LogP contribution in [0.25, 0.3) is 0 Å². The maximum atomic E-state index is 13.7. The van der Waals surface area contributed by atoms with Crippen LogP contribution < -0.4 is 10.2 Å². The van der Waals surface area contributed by atoms with Crippen molar-refractivity contribution in [1.82, 2.24) is 9.97 Å². The highest BCUT2D eigenvalue weighted by atomic mass is 19.1. The molecule has 7 heteroatoms. The molecular formula is C18H28FN5O. The first-order chi connectivity index (χ1) is 12.2. The van der Waals surface area contributed by atoms with Crippen LogP contribution in [0.3, 0.4) is 0 Å². The van der Waals surface area contributed by atoms with E-state index in [0.717, 1.165) is 37.3 Å². The van der Waals surface area contributed by atoms with Gasteiger partial charge in [-0.15, -0.1) is 0 Å². The number of fused-ring (bicyclic) bond motifs is 3. The summed E-state index contributed by atoms with van der Waals surface area (Å²) in [4.78, 5) is 11.3. The van der Waals surface area contributed by atoms with Gasteiger partial charge in [0, 0.05) is 25.2 Å². The molecule has 3 aliphatic rings. The van der Waals surface area contributed by atoms with Crippen LogP contribution in [-0.2, 0) is 6.54 Å². The minimum absolute atomic E-state index is 0.139. The minimum Gasteiger partial charge on any atom is -0.632 e. The van der Waals surface area contributed by atoms with Crippen LogP contribution in [0.1, 0.15) is 44.1 Å². The van der Waals surface area contributed by atoms with Gasteiger partial charge in [-0.3, -0.25) is 0 Å². The number of aromatic nitrogens is 2. The zero-order valence-electron chi connectivity index (χ0n) is 14.8. The Kier molecular flexibility index (Phi) is 4.78. The number of hydroxylamine groups is 3. The highest BCUT2D eigenvalue weighted by Gasteiger charge is 2.39. The number of anilines is 2. The molecule has 0 bridgehead atoms. The Hall–Kier alpha value is -1.47. The average molecular weight is 349 g/mol. The highest BCUT2D eigenvalue weighted by Crippen LogP contribution is 2.37. The molecule has 1 saturated carbocycles. The van der Waals surface area contributed by atoms with E-state index in [1.165, 1.54) is 25.7 Å². The molecular weight excluding hydrogens is 321 g/mol. The lowest BCUT2D eigenvalue weighted by Crippen LogP contribution is -2.50. The Morgan fingerprint density at radius 1 is 1.28 bits per heavy atom. The monoisotopic (exact) mass is 349 g/mol. The van der Waals surface area contributed by atoms with Gasteiger partial charge in [-0.2, -0.15) is 4.98 Å². The topological polar surface area (TPSA) is 64.1 Å². The van der Waals surface area contributed by atoms with Crippen molar-refractivity contribution < 1.29 is 9.04 Å². The van der Waals surface area contributed by atoms with Crippen LogP contribution in [0.15, 0.2) is 6.20 Å². The lowest BCUT2D eigenvalue weighted by molar-refractivity contribution is -0.897. The van der Waals surface area contributed by atoms with Gasteiger partial charge in [0.25, 0.3) is 0 Å². The minimum atomic E-state index is -0.450. The molecule has 3 heterocycles. The van der Waals surface area contributed by atoms with Crippen LogP contribution in [0, 0.1) is 11.1 Å². The van der Waals surface area contributed by atoms with E-state index in [9.17, 15) is 9.60 Å². The number of quaternary nitrogens is 1. The van der Waals surface area contributed by atoms with Gasteiger partial charge in [-0.05, 0) is 25.7 Å². The van der Waals surface area contributed by atoms with E-state index in [4.69, 9.17) is 0 Å². The van der Waals surface area contributed by atoms with E-state index < -0.39 is 6.67 Å². The van der Waals surface area contributed by atoms with Crippen LogP contribution in [0.2, 0.25) is 0 Å². The third-order valence-corrected chi connectivity index (χ3v) is 5.94. The van der Waals surface area contributed by atoms with Crippen LogP contribution in [0.4, 0.5) is 16.2 Å². The van der Waals surface area contributed by atoms with E-state index in [-0.39, 0.29) is 17.2 Å². The molecule has 1 aromatic heterocycles. The molecule has 6 nitrogen and oxygen atoms in total. The molecule has 0 aromatic carbocycles. The second-order valence-corrected chi connectivity index (χ2v) is 7.88. The van der Waals surface area contributed by atoms with E-state index in [1.54, 1.807) is 6.20 Å². The summed E-state index contributed by atoms with van der Waals surface area (Å²) in [6.07, 6.45) is 8.88. The Bertz CT molecular complexity index is 609. The molecule has 2 atom stereocenters. The molecule has 2 aliphatic heterocycles. The van der Waals surface area contributed by atoms with Crippen molar-refractivity contribution in [3.05, 3.63) is 17.0 Å². The summed E-state index contributed by atoms with van der Waals surface area (Å²) in [6, 6.07) is 0.268. The summed E-state index contributed by atoms with van der Waals surface area (Å²) in [7, 11) is 0. The first-order valence-corrected chi connectivity index (χ1v) is 9.66. The van der Waals surface area contributed by atoms with Gasteiger partial charge in [0.1, 0.15) is 19.0 Å². The summed E-state index contributed by atoms with van der Waals surface area (Å²) in [6.45, 7) is 2.55. The number of nitrogens with one attached hydrogen (secondary N) is 1. The van der Waals surface area contributed by atoms with Gasteiger partial charge in [-0.1, -0.05) is 12.8 Å². The summed E-state index contributed by atoms with van der Waals surface area (Å²) in [5, 5.41) is 16.6. The van der Waals surface area contributed by atoms with Gasteiger partial charge in [0.05, 0.1) is 24.7 Å². The Labute approximate surface area is 148 Å². The van der Waals surface area contributed by atoms with Gasteiger partial charge >= 0.3 is 0 Å². The number of nitrogens with zero attached hydrogens (tertiary/aromatic N) is 4. The number of alkyl halides is 1.